The van der Waals surface area contributed by atoms with Crippen LogP contribution in [-0.2, 0) is 22.7 Å². The summed E-state index contributed by atoms with van der Waals surface area (Å²) in [4.78, 5) is 12.3. The van der Waals surface area contributed by atoms with Crippen LogP contribution < -0.4 is 10.1 Å². The second kappa shape index (κ2) is 11.7. The van der Waals surface area contributed by atoms with Crippen molar-refractivity contribution in [1.82, 2.24) is 20.1 Å². The Hall–Kier alpha value is -2.84. The number of nitrogens with zero attached hydrogens (tertiary/aromatic N) is 3. The van der Waals surface area contributed by atoms with Crippen molar-refractivity contribution in [2.75, 3.05) is 13.7 Å². The van der Waals surface area contributed by atoms with Gasteiger partial charge in [-0.05, 0) is 32.4 Å². The number of para-hydroxylation sites is 1. The van der Waals surface area contributed by atoms with Crippen LogP contribution in [0.5, 0.6) is 5.75 Å². The second-order valence-electron chi connectivity index (χ2n) is 7.62. The summed E-state index contributed by atoms with van der Waals surface area (Å²) >= 11 is 1.38. The van der Waals surface area contributed by atoms with Gasteiger partial charge in [0.2, 0.25) is 5.91 Å². The molecule has 0 radical (unpaired) electrons. The number of thioether (sulfide) groups is 1. The number of aromatic nitrogens is 3. The first-order valence-corrected chi connectivity index (χ1v) is 11.5. The Kier molecular flexibility index (Phi) is 8.70. The number of ether oxygens (including phenoxy) is 2. The van der Waals surface area contributed by atoms with E-state index in [9.17, 15) is 4.79 Å². The number of amides is 1. The molecule has 0 aliphatic heterocycles. The minimum atomic E-state index is -0.296. The number of carbonyl (C=O) groups is 1. The van der Waals surface area contributed by atoms with Crippen molar-refractivity contribution >= 4 is 17.7 Å². The fourth-order valence-corrected chi connectivity index (χ4v) is 4.03. The van der Waals surface area contributed by atoms with Crippen molar-refractivity contribution in [1.29, 1.82) is 0 Å². The van der Waals surface area contributed by atoms with E-state index in [1.807, 2.05) is 67.8 Å². The van der Waals surface area contributed by atoms with Crippen molar-refractivity contribution in [3.63, 3.8) is 0 Å². The Balaban J connectivity index is 1.77. The summed E-state index contributed by atoms with van der Waals surface area (Å²) in [5.74, 6) is 1.43. The third kappa shape index (κ3) is 6.34. The predicted octanol–water partition coefficient (Wildman–Crippen LogP) is 4.18. The first-order chi connectivity index (χ1) is 15.5. The van der Waals surface area contributed by atoms with Gasteiger partial charge in [0.1, 0.15) is 12.4 Å². The molecular weight excluding hydrogens is 424 g/mol. The predicted molar refractivity (Wildman–Crippen MR) is 127 cm³/mol. The maximum atomic E-state index is 12.3. The fourth-order valence-electron chi connectivity index (χ4n) is 3.12. The van der Waals surface area contributed by atoms with E-state index in [4.69, 9.17) is 9.47 Å². The van der Waals surface area contributed by atoms with E-state index in [0.717, 1.165) is 16.9 Å². The summed E-state index contributed by atoms with van der Waals surface area (Å²) in [5.41, 5.74) is 2.11. The van der Waals surface area contributed by atoms with E-state index >= 15 is 0 Å². The van der Waals surface area contributed by atoms with Crippen LogP contribution in [0.15, 0.2) is 59.8 Å². The number of rotatable bonds is 11. The number of nitrogens with one attached hydrogen (secondary N) is 1. The van der Waals surface area contributed by atoms with Gasteiger partial charge >= 0.3 is 0 Å². The third-order valence-electron chi connectivity index (χ3n) is 4.72. The van der Waals surface area contributed by atoms with Gasteiger partial charge < -0.3 is 19.4 Å². The molecule has 1 N–H and O–H groups in total. The van der Waals surface area contributed by atoms with Crippen molar-refractivity contribution in [2.24, 2.45) is 0 Å². The average molecular weight is 455 g/mol. The molecule has 170 valence electrons. The second-order valence-corrected chi connectivity index (χ2v) is 8.93. The molecule has 1 aromatic heterocycles. The van der Waals surface area contributed by atoms with Crippen molar-refractivity contribution in [2.45, 2.75) is 50.4 Å². The Morgan fingerprint density at radius 2 is 1.78 bits per heavy atom. The van der Waals surface area contributed by atoms with Gasteiger partial charge in [0.25, 0.3) is 0 Å². The van der Waals surface area contributed by atoms with Crippen LogP contribution in [0.1, 0.15) is 26.6 Å². The van der Waals surface area contributed by atoms with Crippen molar-refractivity contribution in [3.8, 4) is 16.9 Å². The molecule has 8 heteroatoms. The SMILES string of the molecule is COCCn1c(COc2ccccc2-c2ccccc2)nnc1SC(C)C(=O)NC(C)C. The lowest BCUT2D eigenvalue weighted by Gasteiger charge is -2.15. The van der Waals surface area contributed by atoms with E-state index < -0.39 is 0 Å². The molecule has 0 bridgehead atoms. The molecule has 7 nitrogen and oxygen atoms in total. The van der Waals surface area contributed by atoms with E-state index in [-0.39, 0.29) is 23.8 Å². The molecule has 3 rings (SSSR count). The molecule has 0 saturated heterocycles. The van der Waals surface area contributed by atoms with E-state index in [0.29, 0.717) is 24.1 Å². The third-order valence-corrected chi connectivity index (χ3v) is 5.80. The molecule has 1 amide bonds. The molecule has 0 saturated carbocycles. The van der Waals surface area contributed by atoms with Gasteiger partial charge in [-0.2, -0.15) is 0 Å². The normalized spacial score (nSPS) is 12.0. The minimum Gasteiger partial charge on any atom is -0.485 e. The lowest BCUT2D eigenvalue weighted by atomic mass is 10.1. The topological polar surface area (TPSA) is 78.3 Å². The summed E-state index contributed by atoms with van der Waals surface area (Å²) in [6.45, 7) is 7.09. The van der Waals surface area contributed by atoms with Gasteiger partial charge in [0.05, 0.1) is 11.9 Å². The van der Waals surface area contributed by atoms with Crippen LogP contribution in [0.4, 0.5) is 0 Å². The molecule has 32 heavy (non-hydrogen) atoms. The zero-order valence-electron chi connectivity index (χ0n) is 18.9. The zero-order chi connectivity index (χ0) is 22.9. The van der Waals surface area contributed by atoms with E-state index in [1.54, 1.807) is 7.11 Å². The minimum absolute atomic E-state index is 0.0270. The molecule has 1 heterocycles. The number of methoxy groups -OCH3 is 1. The van der Waals surface area contributed by atoms with Gasteiger partial charge in [-0.3, -0.25) is 4.79 Å². The zero-order valence-corrected chi connectivity index (χ0v) is 19.8. The Morgan fingerprint density at radius 1 is 1.06 bits per heavy atom. The molecule has 0 aliphatic carbocycles. The van der Waals surface area contributed by atoms with E-state index in [1.165, 1.54) is 11.8 Å². The number of carbonyl (C=O) groups excluding carboxylic acids is 1. The lowest BCUT2D eigenvalue weighted by molar-refractivity contribution is -0.120. The standard InChI is InChI=1S/C24H30N4O3S/c1-17(2)25-23(29)18(3)32-24-27-26-22(28(24)14-15-30-4)16-31-21-13-9-8-12-20(21)19-10-6-5-7-11-19/h5-13,17-18H,14-16H2,1-4H3,(H,25,29). The highest BCUT2D eigenvalue weighted by Gasteiger charge is 2.21. The Labute approximate surface area is 193 Å². The molecule has 3 aromatic rings. The summed E-state index contributed by atoms with van der Waals surface area (Å²) in [5, 5.41) is 12.0. The molecule has 0 spiro atoms. The van der Waals surface area contributed by atoms with Crippen LogP contribution in [0.2, 0.25) is 0 Å². The van der Waals surface area contributed by atoms with Crippen LogP contribution in [0.3, 0.4) is 0 Å². The summed E-state index contributed by atoms with van der Waals surface area (Å²) < 4.78 is 13.4. The maximum Gasteiger partial charge on any atom is 0.233 e. The molecular formula is C24H30N4O3S. The highest BCUT2D eigenvalue weighted by atomic mass is 32.2. The first kappa shape index (κ1) is 23.8. The van der Waals surface area contributed by atoms with Crippen LogP contribution in [0, 0.1) is 0 Å². The summed E-state index contributed by atoms with van der Waals surface area (Å²) in [7, 11) is 1.65. The highest BCUT2D eigenvalue weighted by molar-refractivity contribution is 8.00. The maximum absolute atomic E-state index is 12.3. The van der Waals surface area contributed by atoms with Crippen LogP contribution in [0.25, 0.3) is 11.1 Å². The smallest absolute Gasteiger partial charge is 0.233 e. The molecule has 0 aliphatic rings. The monoisotopic (exact) mass is 454 g/mol. The molecule has 1 atom stereocenters. The van der Waals surface area contributed by atoms with Gasteiger partial charge in [-0.25, -0.2) is 0 Å². The van der Waals surface area contributed by atoms with Crippen molar-refractivity contribution < 1.29 is 14.3 Å². The Bertz CT molecular complexity index is 1010. The number of benzene rings is 2. The Morgan fingerprint density at radius 3 is 2.50 bits per heavy atom. The van der Waals surface area contributed by atoms with Crippen molar-refractivity contribution in [3.05, 3.63) is 60.4 Å². The highest BCUT2D eigenvalue weighted by Crippen LogP contribution is 2.30. The number of hydrogen-bond donors (Lipinski definition) is 1. The largest absolute Gasteiger partial charge is 0.485 e. The fraction of sp³-hybridized carbons (Fsp3) is 0.375. The average Bonchev–Trinajstić information content (AvgIpc) is 3.17. The lowest BCUT2D eigenvalue weighted by Crippen LogP contribution is -2.36. The number of hydrogen-bond acceptors (Lipinski definition) is 6. The summed E-state index contributed by atoms with van der Waals surface area (Å²) in [6, 6.07) is 18.1. The van der Waals surface area contributed by atoms with Gasteiger partial charge in [0, 0.05) is 25.3 Å². The van der Waals surface area contributed by atoms with Crippen LogP contribution >= 0.6 is 11.8 Å². The van der Waals surface area contributed by atoms with Gasteiger partial charge in [-0.1, -0.05) is 60.3 Å². The quantitative estimate of drug-likeness (QED) is 0.438. The van der Waals surface area contributed by atoms with E-state index in [2.05, 4.69) is 27.6 Å². The molecule has 1 unspecified atom stereocenters. The van der Waals surface area contributed by atoms with Gasteiger partial charge in [0.15, 0.2) is 11.0 Å². The molecule has 0 fully saturated rings. The van der Waals surface area contributed by atoms with Gasteiger partial charge in [-0.15, -0.1) is 10.2 Å². The molecule has 2 aromatic carbocycles. The first-order valence-electron chi connectivity index (χ1n) is 10.6. The summed E-state index contributed by atoms with van der Waals surface area (Å²) in [6.07, 6.45) is 0. The van der Waals surface area contributed by atoms with Crippen LogP contribution in [-0.4, -0.2) is 45.7 Å².